The van der Waals surface area contributed by atoms with E-state index in [1.165, 1.54) is 12.3 Å². The van der Waals surface area contributed by atoms with Crippen molar-refractivity contribution in [2.24, 2.45) is 5.73 Å². The monoisotopic (exact) mass is 240 g/mol. The number of nitrogens with two attached hydrogens (primary N) is 1. The van der Waals surface area contributed by atoms with Gasteiger partial charge in [0.05, 0.1) is 5.02 Å². The number of hydrogen-bond donors (Lipinski definition) is 2. The summed E-state index contributed by atoms with van der Waals surface area (Å²) < 4.78 is 0. The summed E-state index contributed by atoms with van der Waals surface area (Å²) in [5.41, 5.74) is 5.35. The molecular formula is C10H9ClN2O3. The van der Waals surface area contributed by atoms with Crippen LogP contribution >= 0.6 is 11.6 Å². The molecule has 84 valence electrons. The minimum atomic E-state index is -1.18. The number of carboxylic acids is 1. The summed E-state index contributed by atoms with van der Waals surface area (Å²) in [5, 5.41) is 8.73. The number of halogens is 1. The van der Waals surface area contributed by atoms with Crippen LogP contribution in [0.1, 0.15) is 22.5 Å². The second kappa shape index (κ2) is 5.27. The van der Waals surface area contributed by atoms with Gasteiger partial charge in [0.25, 0.3) is 0 Å². The third kappa shape index (κ3) is 3.36. The third-order valence-corrected chi connectivity index (χ3v) is 1.98. The predicted octanol–water partition coefficient (Wildman–Crippen LogP) is 1.32. The van der Waals surface area contributed by atoms with Gasteiger partial charge >= 0.3 is 5.97 Å². The van der Waals surface area contributed by atoms with E-state index >= 15 is 0 Å². The molecule has 0 aliphatic rings. The molecule has 0 spiro atoms. The van der Waals surface area contributed by atoms with E-state index in [1.54, 1.807) is 12.2 Å². The Morgan fingerprint density at radius 3 is 2.75 bits per heavy atom. The van der Waals surface area contributed by atoms with Gasteiger partial charge in [-0.2, -0.15) is 0 Å². The van der Waals surface area contributed by atoms with E-state index in [2.05, 4.69) is 4.98 Å². The van der Waals surface area contributed by atoms with Crippen molar-refractivity contribution < 1.29 is 14.7 Å². The van der Waals surface area contributed by atoms with Crippen LogP contribution in [-0.4, -0.2) is 22.0 Å². The second-order valence-electron chi connectivity index (χ2n) is 2.98. The van der Waals surface area contributed by atoms with Crippen LogP contribution in [0.4, 0.5) is 0 Å². The number of carbonyl (C=O) groups excluding carboxylic acids is 1. The molecule has 0 fully saturated rings. The molecule has 0 unspecified atom stereocenters. The first-order valence-electron chi connectivity index (χ1n) is 4.34. The fourth-order valence-electron chi connectivity index (χ4n) is 1.01. The van der Waals surface area contributed by atoms with Gasteiger partial charge < -0.3 is 10.8 Å². The number of amides is 1. The van der Waals surface area contributed by atoms with Crippen LogP contribution in [0.5, 0.6) is 0 Å². The second-order valence-corrected chi connectivity index (χ2v) is 3.38. The Morgan fingerprint density at radius 2 is 2.25 bits per heavy atom. The number of nitrogens with zero attached hydrogens (tertiary/aromatic N) is 1. The summed E-state index contributed by atoms with van der Waals surface area (Å²) in [6.45, 7) is 0. The number of carboxylic acid groups (broad SMARTS) is 1. The third-order valence-electron chi connectivity index (χ3n) is 1.69. The molecule has 0 atom stereocenters. The number of hydrogen-bond acceptors (Lipinski definition) is 3. The van der Waals surface area contributed by atoms with E-state index < -0.39 is 11.9 Å². The Morgan fingerprint density at radius 1 is 1.56 bits per heavy atom. The van der Waals surface area contributed by atoms with Crippen molar-refractivity contribution in [2.45, 2.75) is 6.42 Å². The zero-order valence-electron chi connectivity index (χ0n) is 8.18. The molecule has 6 heteroatoms. The van der Waals surface area contributed by atoms with E-state index in [4.69, 9.17) is 22.4 Å². The van der Waals surface area contributed by atoms with Crippen LogP contribution in [0.2, 0.25) is 5.02 Å². The molecule has 0 aliphatic carbocycles. The highest BCUT2D eigenvalue weighted by atomic mass is 35.5. The predicted molar refractivity (Wildman–Crippen MR) is 59.1 cm³/mol. The van der Waals surface area contributed by atoms with Crippen LogP contribution in [0.15, 0.2) is 18.3 Å². The maximum Gasteiger partial charge on any atom is 0.356 e. The van der Waals surface area contributed by atoms with Gasteiger partial charge in [-0.3, -0.25) is 4.79 Å². The minimum absolute atomic E-state index is 0.0497. The van der Waals surface area contributed by atoms with Crippen LogP contribution in [0.25, 0.3) is 6.08 Å². The maximum absolute atomic E-state index is 10.6. The maximum atomic E-state index is 10.6. The zero-order valence-corrected chi connectivity index (χ0v) is 8.94. The fourth-order valence-corrected chi connectivity index (χ4v) is 1.27. The van der Waals surface area contributed by atoms with Crippen molar-refractivity contribution in [1.82, 2.24) is 4.98 Å². The number of primary amides is 1. The Labute approximate surface area is 96.5 Å². The first-order valence-corrected chi connectivity index (χ1v) is 4.72. The van der Waals surface area contributed by atoms with Gasteiger partial charge in [0.15, 0.2) is 5.69 Å². The van der Waals surface area contributed by atoms with Gasteiger partial charge in [-0.1, -0.05) is 23.8 Å². The molecule has 0 bridgehead atoms. The van der Waals surface area contributed by atoms with Crippen LogP contribution in [-0.2, 0) is 4.79 Å². The quantitative estimate of drug-likeness (QED) is 0.830. The highest BCUT2D eigenvalue weighted by molar-refractivity contribution is 6.33. The average Bonchev–Trinajstić information content (AvgIpc) is 2.16. The van der Waals surface area contributed by atoms with Gasteiger partial charge in [-0.15, -0.1) is 0 Å². The van der Waals surface area contributed by atoms with E-state index in [0.29, 0.717) is 5.56 Å². The number of pyridine rings is 1. The normalized spacial score (nSPS) is 10.6. The van der Waals surface area contributed by atoms with Gasteiger partial charge in [-0.05, 0) is 11.6 Å². The van der Waals surface area contributed by atoms with Crippen molar-refractivity contribution in [2.75, 3.05) is 0 Å². The summed E-state index contributed by atoms with van der Waals surface area (Å²) in [6, 6.07) is 1.45. The van der Waals surface area contributed by atoms with E-state index in [9.17, 15) is 9.59 Å². The average molecular weight is 241 g/mol. The summed E-state index contributed by atoms with van der Waals surface area (Å²) in [7, 11) is 0. The van der Waals surface area contributed by atoms with E-state index in [-0.39, 0.29) is 17.1 Å². The van der Waals surface area contributed by atoms with Crippen molar-refractivity contribution in [3.8, 4) is 0 Å². The summed E-state index contributed by atoms with van der Waals surface area (Å²) in [5.74, 6) is -1.63. The molecule has 16 heavy (non-hydrogen) atoms. The standard InChI is InChI=1S/C10H9ClN2O3/c11-7-4-6(2-1-3-8(12)14)5-13-9(7)10(15)16/h1-2,4-5H,3H2,(H2,12,14)(H,15,16). The Kier molecular flexibility index (Phi) is 4.02. The van der Waals surface area contributed by atoms with Crippen LogP contribution < -0.4 is 5.73 Å². The highest BCUT2D eigenvalue weighted by Gasteiger charge is 2.09. The lowest BCUT2D eigenvalue weighted by Gasteiger charge is -1.98. The number of aromatic carboxylic acids is 1. The molecule has 0 saturated carbocycles. The minimum Gasteiger partial charge on any atom is -0.476 e. The molecule has 0 saturated heterocycles. The number of rotatable bonds is 4. The molecule has 1 aromatic rings. The van der Waals surface area contributed by atoms with Crippen molar-refractivity contribution in [1.29, 1.82) is 0 Å². The Bertz CT molecular complexity index is 457. The van der Waals surface area contributed by atoms with Gasteiger partial charge in [0, 0.05) is 12.6 Å². The number of aromatic nitrogens is 1. The first kappa shape index (κ1) is 12.2. The Balaban J connectivity index is 2.85. The lowest BCUT2D eigenvalue weighted by molar-refractivity contribution is -0.117. The smallest absolute Gasteiger partial charge is 0.356 e. The summed E-state index contributed by atoms with van der Waals surface area (Å²) in [4.78, 5) is 24.7. The summed E-state index contributed by atoms with van der Waals surface area (Å²) >= 11 is 5.70. The van der Waals surface area contributed by atoms with E-state index in [1.807, 2.05) is 0 Å². The Hall–Kier alpha value is -1.88. The topological polar surface area (TPSA) is 93.3 Å². The SMILES string of the molecule is NC(=O)CC=Cc1cnc(C(=O)O)c(Cl)c1. The lowest BCUT2D eigenvalue weighted by Crippen LogP contribution is -2.07. The van der Waals surface area contributed by atoms with Crippen LogP contribution in [0.3, 0.4) is 0 Å². The highest BCUT2D eigenvalue weighted by Crippen LogP contribution is 2.16. The zero-order chi connectivity index (χ0) is 12.1. The van der Waals surface area contributed by atoms with Crippen LogP contribution in [0, 0.1) is 0 Å². The van der Waals surface area contributed by atoms with Gasteiger partial charge in [0.1, 0.15) is 0 Å². The molecule has 1 heterocycles. The first-order chi connectivity index (χ1) is 7.50. The largest absolute Gasteiger partial charge is 0.476 e. The summed E-state index contributed by atoms with van der Waals surface area (Å²) in [6.07, 6.45) is 4.61. The van der Waals surface area contributed by atoms with Crippen molar-refractivity contribution in [3.05, 3.63) is 34.6 Å². The van der Waals surface area contributed by atoms with Gasteiger partial charge in [0.2, 0.25) is 5.91 Å². The molecule has 0 radical (unpaired) electrons. The molecule has 1 aromatic heterocycles. The molecule has 0 aliphatic heterocycles. The van der Waals surface area contributed by atoms with Crippen molar-refractivity contribution >= 4 is 29.6 Å². The fraction of sp³-hybridized carbons (Fsp3) is 0.100. The van der Waals surface area contributed by atoms with E-state index in [0.717, 1.165) is 0 Å². The molecule has 1 amide bonds. The molecule has 5 nitrogen and oxygen atoms in total. The number of carbonyl (C=O) groups is 2. The molecular weight excluding hydrogens is 232 g/mol. The lowest BCUT2D eigenvalue weighted by atomic mass is 10.2. The molecule has 3 N–H and O–H groups in total. The molecule has 0 aromatic carbocycles. The molecule has 1 rings (SSSR count). The van der Waals surface area contributed by atoms with Crippen molar-refractivity contribution in [3.63, 3.8) is 0 Å². The van der Waals surface area contributed by atoms with Gasteiger partial charge in [-0.25, -0.2) is 9.78 Å².